The minimum absolute atomic E-state index is 0. The Morgan fingerprint density at radius 3 is 1.78 bits per heavy atom. The van der Waals surface area contributed by atoms with E-state index in [2.05, 4.69) is 12.2 Å². The monoisotopic (exact) mass is 350 g/mol. The fourth-order valence-corrected chi connectivity index (χ4v) is 0.340. The van der Waals surface area contributed by atoms with Gasteiger partial charge in [-0.3, -0.25) is 6.08 Å². The first-order valence-electron chi connectivity index (χ1n) is 1.72. The molecule has 0 fully saturated rings. The van der Waals surface area contributed by atoms with Crippen molar-refractivity contribution in [3.05, 3.63) is 24.3 Å². The van der Waals surface area contributed by atoms with Crippen molar-refractivity contribution in [2.45, 2.75) is 6.42 Å². The van der Waals surface area contributed by atoms with E-state index < -0.39 is 0 Å². The van der Waals surface area contributed by atoms with Crippen molar-refractivity contribution in [2.24, 2.45) is 0 Å². The van der Waals surface area contributed by atoms with Gasteiger partial charge in [0, 0.05) is 0 Å². The SMILES string of the molecule is [C-]1=CC=CC1.[Cl-].[Cl-].[Cl-].[Hf+4]. The van der Waals surface area contributed by atoms with Crippen LogP contribution in [0.5, 0.6) is 0 Å². The number of allylic oxidation sites excluding steroid dienone is 4. The molecular weight excluding hydrogens is 345 g/mol. The average molecular weight is 350 g/mol. The summed E-state index contributed by atoms with van der Waals surface area (Å²) < 4.78 is 0. The van der Waals surface area contributed by atoms with Crippen LogP contribution in [0.2, 0.25) is 0 Å². The molecule has 0 saturated heterocycles. The first kappa shape index (κ1) is 22.5. The molecule has 0 radical (unpaired) electrons. The van der Waals surface area contributed by atoms with Crippen molar-refractivity contribution in [1.82, 2.24) is 0 Å². The van der Waals surface area contributed by atoms with Gasteiger partial charge in [-0.15, -0.1) is 6.42 Å². The quantitative estimate of drug-likeness (QED) is 0.301. The zero-order chi connectivity index (χ0) is 3.54. The third-order valence-corrected chi connectivity index (χ3v) is 0.586. The summed E-state index contributed by atoms with van der Waals surface area (Å²) in [6.07, 6.45) is 10.0. The minimum Gasteiger partial charge on any atom is -1.00 e. The number of hydrogen-bond donors (Lipinski definition) is 0. The van der Waals surface area contributed by atoms with Gasteiger partial charge < -0.3 is 37.2 Å². The van der Waals surface area contributed by atoms with Crippen LogP contribution in [-0.2, 0) is 25.8 Å². The topological polar surface area (TPSA) is 0 Å². The Hall–Kier alpha value is 1.22. The van der Waals surface area contributed by atoms with Crippen molar-refractivity contribution >= 4 is 0 Å². The van der Waals surface area contributed by atoms with Crippen molar-refractivity contribution in [3.8, 4) is 0 Å². The molecule has 4 heteroatoms. The van der Waals surface area contributed by atoms with Crippen LogP contribution in [0.1, 0.15) is 6.42 Å². The van der Waals surface area contributed by atoms with Gasteiger partial charge in [0.05, 0.1) is 0 Å². The summed E-state index contributed by atoms with van der Waals surface area (Å²) in [5.41, 5.74) is 0. The second-order valence-corrected chi connectivity index (χ2v) is 1.00. The standard InChI is InChI=1S/C5H5.3ClH.Hf/c1-2-4-5-3-1;;;;/h1-3H,4H2;3*1H;/q-1;;;;+4/p-3. The second-order valence-electron chi connectivity index (χ2n) is 1.00. The van der Waals surface area contributed by atoms with Crippen molar-refractivity contribution in [3.63, 3.8) is 0 Å². The Morgan fingerprint density at radius 1 is 1.11 bits per heavy atom. The molecule has 9 heavy (non-hydrogen) atoms. The van der Waals surface area contributed by atoms with Crippen LogP contribution in [0.4, 0.5) is 0 Å². The van der Waals surface area contributed by atoms with E-state index in [9.17, 15) is 0 Å². The van der Waals surface area contributed by atoms with E-state index in [0.717, 1.165) is 6.42 Å². The van der Waals surface area contributed by atoms with Gasteiger partial charge in [0.2, 0.25) is 0 Å². The molecule has 0 aromatic carbocycles. The molecule has 0 heterocycles. The molecule has 1 rings (SSSR count). The van der Waals surface area contributed by atoms with Gasteiger partial charge in [0.15, 0.2) is 0 Å². The molecule has 0 aliphatic heterocycles. The van der Waals surface area contributed by atoms with E-state index in [4.69, 9.17) is 0 Å². The minimum atomic E-state index is 0. The summed E-state index contributed by atoms with van der Waals surface area (Å²) in [7, 11) is 0. The molecule has 0 amide bonds. The fraction of sp³-hybridized carbons (Fsp3) is 0.200. The Labute approximate surface area is 93.2 Å². The Morgan fingerprint density at radius 2 is 1.67 bits per heavy atom. The zero-order valence-corrected chi connectivity index (χ0v) is 10.4. The number of hydrogen-bond acceptors (Lipinski definition) is 0. The van der Waals surface area contributed by atoms with Crippen molar-refractivity contribution in [1.29, 1.82) is 0 Å². The molecule has 1 aliphatic rings. The van der Waals surface area contributed by atoms with Crippen LogP contribution >= 0.6 is 0 Å². The molecule has 50 valence electrons. The Bertz CT molecular complexity index is 70.3. The van der Waals surface area contributed by atoms with E-state index in [-0.39, 0.29) is 63.1 Å². The second kappa shape index (κ2) is 16.1. The van der Waals surface area contributed by atoms with Gasteiger partial charge in [0.25, 0.3) is 0 Å². The first-order chi connectivity index (χ1) is 2.50. The molecule has 0 spiro atoms. The van der Waals surface area contributed by atoms with Crippen LogP contribution < -0.4 is 37.2 Å². The Balaban J connectivity index is -0.0000000312. The molecule has 0 N–H and O–H groups in total. The first-order valence-corrected chi connectivity index (χ1v) is 1.72. The smallest absolute Gasteiger partial charge is 1.00 e. The predicted octanol–water partition coefficient (Wildman–Crippen LogP) is -7.68. The van der Waals surface area contributed by atoms with Crippen LogP contribution in [0, 0.1) is 6.08 Å². The van der Waals surface area contributed by atoms with Crippen LogP contribution in [0.25, 0.3) is 0 Å². The van der Waals surface area contributed by atoms with E-state index >= 15 is 0 Å². The van der Waals surface area contributed by atoms with E-state index in [1.165, 1.54) is 0 Å². The zero-order valence-electron chi connectivity index (χ0n) is 4.57. The molecule has 1 aliphatic carbocycles. The molecule has 0 aromatic heterocycles. The maximum absolute atomic E-state index is 2.99. The normalized spacial score (nSPS) is 9.78. The van der Waals surface area contributed by atoms with Gasteiger partial charge in [0.1, 0.15) is 0 Å². The summed E-state index contributed by atoms with van der Waals surface area (Å²) in [4.78, 5) is 0. The summed E-state index contributed by atoms with van der Waals surface area (Å²) in [5.74, 6) is 0. The Kier molecular flexibility index (Phi) is 40.2. The van der Waals surface area contributed by atoms with Crippen molar-refractivity contribution < 1.29 is 63.1 Å². The van der Waals surface area contributed by atoms with Gasteiger partial charge in [-0.2, -0.15) is 6.08 Å². The molecule has 0 saturated carbocycles. The molecule has 0 unspecified atom stereocenters. The van der Waals surface area contributed by atoms with Crippen molar-refractivity contribution in [2.75, 3.05) is 0 Å². The summed E-state index contributed by atoms with van der Waals surface area (Å²) in [5, 5.41) is 0. The maximum atomic E-state index is 2.99. The van der Waals surface area contributed by atoms with E-state index in [1.54, 1.807) is 0 Å². The van der Waals surface area contributed by atoms with Gasteiger partial charge in [-0.1, -0.05) is 0 Å². The molecule has 0 atom stereocenters. The molecule has 0 bridgehead atoms. The van der Waals surface area contributed by atoms with E-state index in [0.29, 0.717) is 0 Å². The molecule has 0 nitrogen and oxygen atoms in total. The van der Waals surface area contributed by atoms with Gasteiger partial charge in [-0.05, 0) is 0 Å². The molecule has 0 aromatic rings. The third-order valence-electron chi connectivity index (χ3n) is 0.586. The van der Waals surface area contributed by atoms with Crippen LogP contribution in [0.3, 0.4) is 0 Å². The summed E-state index contributed by atoms with van der Waals surface area (Å²) in [6, 6.07) is 0. The summed E-state index contributed by atoms with van der Waals surface area (Å²) >= 11 is 0. The number of halogens is 3. The number of rotatable bonds is 0. The summed E-state index contributed by atoms with van der Waals surface area (Å²) in [6.45, 7) is 0. The van der Waals surface area contributed by atoms with Crippen LogP contribution in [-0.4, -0.2) is 0 Å². The maximum Gasteiger partial charge on any atom is 4.00 e. The van der Waals surface area contributed by atoms with Gasteiger partial charge in [-0.25, -0.2) is 12.2 Å². The third kappa shape index (κ3) is 12.4. The largest absolute Gasteiger partial charge is 4.00 e. The average Bonchev–Trinajstić information content (AvgIpc) is 1.76. The fourth-order valence-electron chi connectivity index (χ4n) is 0.340. The van der Waals surface area contributed by atoms with Crippen LogP contribution in [0.15, 0.2) is 18.2 Å². The molecular formula is C5H5Cl3Hf. The predicted molar refractivity (Wildman–Crippen MR) is 21.6 cm³/mol. The van der Waals surface area contributed by atoms with E-state index in [1.807, 2.05) is 12.2 Å². The van der Waals surface area contributed by atoms with Gasteiger partial charge >= 0.3 is 25.8 Å².